The molecule has 2 rings (SSSR count). The van der Waals surface area contributed by atoms with Crippen LogP contribution in [0.3, 0.4) is 0 Å². The van der Waals surface area contributed by atoms with Crippen molar-refractivity contribution in [2.24, 2.45) is 4.99 Å². The van der Waals surface area contributed by atoms with Gasteiger partial charge >= 0.3 is 0 Å². The first kappa shape index (κ1) is 16.7. The van der Waals surface area contributed by atoms with Crippen molar-refractivity contribution < 1.29 is 0 Å². The van der Waals surface area contributed by atoms with Crippen LogP contribution in [0.25, 0.3) is 10.8 Å². The van der Waals surface area contributed by atoms with Gasteiger partial charge < -0.3 is 10.6 Å². The molecule has 0 saturated heterocycles. The summed E-state index contributed by atoms with van der Waals surface area (Å²) < 4.78 is 0. The molecule has 108 valence electrons. The second kappa shape index (κ2) is 8.04. The Hall–Kier alpha value is -1.37. The van der Waals surface area contributed by atoms with E-state index in [2.05, 4.69) is 46.6 Å². The SMILES string of the molecule is CN=C(NCc1nccc2ccccc12)NC(C)C.I. The normalized spacial score (nSPS) is 11.3. The Labute approximate surface area is 137 Å². The molecule has 0 bridgehead atoms. The van der Waals surface area contributed by atoms with Crippen LogP contribution in [-0.4, -0.2) is 24.0 Å². The van der Waals surface area contributed by atoms with Crippen molar-refractivity contribution in [3.05, 3.63) is 42.2 Å². The van der Waals surface area contributed by atoms with E-state index < -0.39 is 0 Å². The van der Waals surface area contributed by atoms with Crippen molar-refractivity contribution >= 4 is 40.7 Å². The molecule has 0 amide bonds. The maximum absolute atomic E-state index is 4.45. The third-order valence-electron chi connectivity index (χ3n) is 2.83. The van der Waals surface area contributed by atoms with Gasteiger partial charge in [-0.15, -0.1) is 24.0 Å². The van der Waals surface area contributed by atoms with E-state index in [1.54, 1.807) is 7.05 Å². The summed E-state index contributed by atoms with van der Waals surface area (Å²) in [4.78, 5) is 8.64. The topological polar surface area (TPSA) is 49.3 Å². The lowest BCUT2D eigenvalue weighted by atomic mass is 10.1. The summed E-state index contributed by atoms with van der Waals surface area (Å²) in [5.41, 5.74) is 1.03. The quantitative estimate of drug-likeness (QED) is 0.486. The lowest BCUT2D eigenvalue weighted by molar-refractivity contribution is 0.697. The van der Waals surface area contributed by atoms with Gasteiger partial charge in [0.25, 0.3) is 0 Å². The van der Waals surface area contributed by atoms with Crippen LogP contribution in [0.4, 0.5) is 0 Å². The monoisotopic (exact) mass is 384 g/mol. The van der Waals surface area contributed by atoms with Crippen LogP contribution < -0.4 is 10.6 Å². The van der Waals surface area contributed by atoms with E-state index in [4.69, 9.17) is 0 Å². The highest BCUT2D eigenvalue weighted by atomic mass is 127. The van der Waals surface area contributed by atoms with Gasteiger partial charge in [0, 0.05) is 24.7 Å². The van der Waals surface area contributed by atoms with E-state index in [1.807, 2.05) is 24.4 Å². The number of fused-ring (bicyclic) bond motifs is 1. The molecule has 1 heterocycles. The fourth-order valence-electron chi connectivity index (χ4n) is 1.96. The molecule has 20 heavy (non-hydrogen) atoms. The van der Waals surface area contributed by atoms with E-state index in [1.165, 1.54) is 10.8 Å². The predicted octanol–water partition coefficient (Wildman–Crippen LogP) is 2.93. The van der Waals surface area contributed by atoms with Crippen molar-refractivity contribution in [3.63, 3.8) is 0 Å². The van der Waals surface area contributed by atoms with Crippen LogP contribution in [0, 0.1) is 0 Å². The van der Waals surface area contributed by atoms with Crippen molar-refractivity contribution in [1.29, 1.82) is 0 Å². The van der Waals surface area contributed by atoms with Crippen molar-refractivity contribution in [2.45, 2.75) is 26.4 Å². The Morgan fingerprint density at radius 2 is 2.00 bits per heavy atom. The summed E-state index contributed by atoms with van der Waals surface area (Å²) in [5.74, 6) is 0.796. The van der Waals surface area contributed by atoms with Crippen LogP contribution in [0.15, 0.2) is 41.5 Å². The molecule has 0 saturated carbocycles. The molecule has 4 nitrogen and oxygen atoms in total. The zero-order valence-corrected chi connectivity index (χ0v) is 14.4. The highest BCUT2D eigenvalue weighted by molar-refractivity contribution is 14.0. The van der Waals surface area contributed by atoms with E-state index in [9.17, 15) is 0 Å². The average molecular weight is 384 g/mol. The number of aliphatic imine (C=N–C) groups is 1. The molecule has 0 fully saturated rings. The fraction of sp³-hybridized carbons (Fsp3) is 0.333. The first-order chi connectivity index (χ1) is 9.20. The van der Waals surface area contributed by atoms with Crippen LogP contribution in [0.1, 0.15) is 19.5 Å². The lowest BCUT2D eigenvalue weighted by Crippen LogP contribution is -2.40. The Bertz CT molecular complexity index is 576. The molecule has 0 aliphatic heterocycles. The minimum Gasteiger partial charge on any atom is -0.354 e. The number of benzene rings is 1. The average Bonchev–Trinajstić information content (AvgIpc) is 2.43. The van der Waals surface area contributed by atoms with E-state index in [0.29, 0.717) is 12.6 Å². The van der Waals surface area contributed by atoms with Gasteiger partial charge in [-0.3, -0.25) is 9.98 Å². The number of nitrogens with zero attached hydrogens (tertiary/aromatic N) is 2. The second-order valence-corrected chi connectivity index (χ2v) is 4.70. The smallest absolute Gasteiger partial charge is 0.191 e. The van der Waals surface area contributed by atoms with Crippen molar-refractivity contribution in [2.75, 3.05) is 7.05 Å². The minimum absolute atomic E-state index is 0. The molecule has 0 radical (unpaired) electrons. The summed E-state index contributed by atoms with van der Waals surface area (Å²) in [7, 11) is 1.77. The van der Waals surface area contributed by atoms with Gasteiger partial charge in [-0.1, -0.05) is 24.3 Å². The number of guanidine groups is 1. The Morgan fingerprint density at radius 1 is 1.25 bits per heavy atom. The highest BCUT2D eigenvalue weighted by Crippen LogP contribution is 2.15. The maximum atomic E-state index is 4.45. The zero-order valence-electron chi connectivity index (χ0n) is 12.1. The maximum Gasteiger partial charge on any atom is 0.191 e. The summed E-state index contributed by atoms with van der Waals surface area (Å²) in [5, 5.41) is 8.93. The minimum atomic E-state index is 0. The zero-order chi connectivity index (χ0) is 13.7. The van der Waals surface area contributed by atoms with Crippen LogP contribution in [0.5, 0.6) is 0 Å². The second-order valence-electron chi connectivity index (χ2n) is 4.70. The standard InChI is InChI=1S/C15H20N4.HI/c1-11(2)19-15(16-3)18-10-14-13-7-5-4-6-12(13)8-9-17-14;/h4-9,11H,10H2,1-3H3,(H2,16,18,19);1H. The number of rotatable bonds is 3. The first-order valence-corrected chi connectivity index (χ1v) is 6.50. The largest absolute Gasteiger partial charge is 0.354 e. The highest BCUT2D eigenvalue weighted by Gasteiger charge is 2.04. The van der Waals surface area contributed by atoms with Gasteiger partial charge in [-0.2, -0.15) is 0 Å². The molecule has 0 spiro atoms. The molecule has 0 aliphatic carbocycles. The number of hydrogen-bond acceptors (Lipinski definition) is 2. The molecular formula is C15H21IN4. The van der Waals surface area contributed by atoms with Crippen LogP contribution in [-0.2, 0) is 6.54 Å². The van der Waals surface area contributed by atoms with Gasteiger partial charge in [-0.05, 0) is 25.3 Å². The lowest BCUT2D eigenvalue weighted by Gasteiger charge is -2.14. The van der Waals surface area contributed by atoms with Gasteiger partial charge in [0.1, 0.15) is 0 Å². The predicted molar refractivity (Wildman–Crippen MR) is 95.6 cm³/mol. The molecule has 2 N–H and O–H groups in total. The number of halogens is 1. The number of nitrogens with one attached hydrogen (secondary N) is 2. The summed E-state index contributed by atoms with van der Waals surface area (Å²) in [6.45, 7) is 4.83. The molecule has 0 aliphatic rings. The van der Waals surface area contributed by atoms with E-state index in [-0.39, 0.29) is 24.0 Å². The van der Waals surface area contributed by atoms with Gasteiger partial charge in [-0.25, -0.2) is 0 Å². The van der Waals surface area contributed by atoms with Crippen molar-refractivity contribution in [1.82, 2.24) is 15.6 Å². The molecule has 0 atom stereocenters. The first-order valence-electron chi connectivity index (χ1n) is 6.50. The number of pyridine rings is 1. The number of aromatic nitrogens is 1. The summed E-state index contributed by atoms with van der Waals surface area (Å²) in [6.07, 6.45) is 1.85. The van der Waals surface area contributed by atoms with Gasteiger partial charge in [0.2, 0.25) is 0 Å². The fourth-order valence-corrected chi connectivity index (χ4v) is 1.96. The summed E-state index contributed by atoms with van der Waals surface area (Å²) >= 11 is 0. The molecule has 1 aromatic carbocycles. The molecule has 5 heteroatoms. The number of hydrogen-bond donors (Lipinski definition) is 2. The third kappa shape index (κ3) is 4.33. The van der Waals surface area contributed by atoms with E-state index >= 15 is 0 Å². The third-order valence-corrected chi connectivity index (χ3v) is 2.83. The Kier molecular flexibility index (Phi) is 6.70. The molecular weight excluding hydrogens is 363 g/mol. The van der Waals surface area contributed by atoms with Crippen molar-refractivity contribution in [3.8, 4) is 0 Å². The Morgan fingerprint density at radius 3 is 2.70 bits per heavy atom. The van der Waals surface area contributed by atoms with Crippen LogP contribution >= 0.6 is 24.0 Å². The molecule has 2 aromatic rings. The molecule has 1 aromatic heterocycles. The van der Waals surface area contributed by atoms with E-state index in [0.717, 1.165) is 11.7 Å². The van der Waals surface area contributed by atoms with Crippen LogP contribution in [0.2, 0.25) is 0 Å². The Balaban J connectivity index is 0.00000200. The van der Waals surface area contributed by atoms with Gasteiger partial charge in [0.05, 0.1) is 12.2 Å². The van der Waals surface area contributed by atoms with Gasteiger partial charge in [0.15, 0.2) is 5.96 Å². The summed E-state index contributed by atoms with van der Waals surface area (Å²) in [6, 6.07) is 10.7. The molecule has 0 unspecified atom stereocenters.